The Kier molecular flexibility index (Phi) is 4.46. The highest BCUT2D eigenvalue weighted by molar-refractivity contribution is 5.82. The maximum Gasteiger partial charge on any atom is 0.167 e. The Morgan fingerprint density at radius 3 is 2.85 bits per heavy atom. The number of imidazole rings is 1. The first kappa shape index (κ1) is 17.1. The number of rotatable bonds is 3. The van der Waals surface area contributed by atoms with Crippen LogP contribution in [0.5, 0.6) is 0 Å². The molecule has 0 spiro atoms. The summed E-state index contributed by atoms with van der Waals surface area (Å²) in [7, 11) is 0. The summed E-state index contributed by atoms with van der Waals surface area (Å²) >= 11 is 0. The van der Waals surface area contributed by atoms with Gasteiger partial charge in [0.1, 0.15) is 30.8 Å². The van der Waals surface area contributed by atoms with Crippen LogP contribution in [-0.2, 0) is 9.47 Å². The molecule has 0 radical (unpaired) electrons. The molecule has 2 aromatic heterocycles. The number of hydrogen-bond acceptors (Lipinski definition) is 8. The summed E-state index contributed by atoms with van der Waals surface area (Å²) in [5.41, 5.74) is 0.827. The molecule has 0 amide bonds. The zero-order chi connectivity index (χ0) is 18.3. The Labute approximate surface area is 148 Å². The highest BCUT2D eigenvalue weighted by Crippen LogP contribution is 2.32. The van der Waals surface area contributed by atoms with E-state index in [9.17, 15) is 14.6 Å². The van der Waals surface area contributed by atoms with Crippen LogP contribution in [0.25, 0.3) is 11.2 Å². The molecule has 138 valence electrons. The Morgan fingerprint density at radius 1 is 1.27 bits per heavy atom. The van der Waals surface area contributed by atoms with Crippen molar-refractivity contribution < 1.29 is 24.1 Å². The van der Waals surface area contributed by atoms with Crippen LogP contribution in [0.15, 0.2) is 12.7 Å². The monoisotopic (exact) mass is 363 g/mol. The van der Waals surface area contributed by atoms with Crippen molar-refractivity contribution in [2.45, 2.75) is 43.2 Å². The van der Waals surface area contributed by atoms with Gasteiger partial charge in [-0.15, -0.1) is 6.42 Å². The Bertz CT molecular complexity index is 840. The van der Waals surface area contributed by atoms with Gasteiger partial charge in [0.2, 0.25) is 0 Å². The molecule has 3 N–H and O–H groups in total. The lowest BCUT2D eigenvalue weighted by Gasteiger charge is -2.26. The third-order valence-electron chi connectivity index (χ3n) is 4.53. The maximum absolute atomic E-state index is 13.5. The van der Waals surface area contributed by atoms with Gasteiger partial charge in [0.05, 0.1) is 25.6 Å². The summed E-state index contributed by atoms with van der Waals surface area (Å²) < 4.78 is 25.7. The number of aliphatic hydroxyl groups excluding tert-OH is 2. The third-order valence-corrected chi connectivity index (χ3v) is 4.53. The topological polar surface area (TPSA) is 115 Å². The molecule has 9 nitrogen and oxygen atoms in total. The van der Waals surface area contributed by atoms with Gasteiger partial charge in [-0.2, -0.15) is 0 Å². The van der Waals surface area contributed by atoms with E-state index in [1.807, 2.05) is 0 Å². The molecule has 0 aromatic carbocycles. The number of nitrogens with one attached hydrogen (secondary N) is 1. The second-order valence-electron chi connectivity index (χ2n) is 6.35. The van der Waals surface area contributed by atoms with Crippen molar-refractivity contribution in [3.63, 3.8) is 0 Å². The minimum absolute atomic E-state index is 0.0988. The van der Waals surface area contributed by atoms with Crippen LogP contribution in [0.3, 0.4) is 0 Å². The molecule has 0 bridgehead atoms. The SMILES string of the molecule is C#C[C@H]1O[C@@H](n2cnc3c(NC4COCC(F)C4)ncnc32)[C@H](O)[C@@H]1O. The number of halogens is 1. The fourth-order valence-corrected chi connectivity index (χ4v) is 3.25. The normalized spacial score (nSPS) is 34.7. The van der Waals surface area contributed by atoms with Crippen LogP contribution < -0.4 is 5.32 Å². The zero-order valence-corrected chi connectivity index (χ0v) is 13.7. The fourth-order valence-electron chi connectivity index (χ4n) is 3.25. The molecule has 2 aliphatic rings. The first-order valence-corrected chi connectivity index (χ1v) is 8.22. The Morgan fingerprint density at radius 2 is 2.12 bits per heavy atom. The number of fused-ring (bicyclic) bond motifs is 1. The lowest BCUT2D eigenvalue weighted by Crippen LogP contribution is -2.36. The molecule has 26 heavy (non-hydrogen) atoms. The van der Waals surface area contributed by atoms with Gasteiger partial charge in [-0.1, -0.05) is 5.92 Å². The molecule has 6 atom stereocenters. The Balaban J connectivity index is 1.62. The highest BCUT2D eigenvalue weighted by atomic mass is 19.1. The fraction of sp³-hybridized carbons (Fsp3) is 0.562. The van der Waals surface area contributed by atoms with Crippen molar-refractivity contribution in [3.8, 4) is 12.3 Å². The lowest BCUT2D eigenvalue weighted by molar-refractivity contribution is -0.0230. The quantitative estimate of drug-likeness (QED) is 0.632. The maximum atomic E-state index is 13.5. The van der Waals surface area contributed by atoms with E-state index in [4.69, 9.17) is 15.9 Å². The molecule has 0 saturated carbocycles. The van der Waals surface area contributed by atoms with E-state index < -0.39 is 30.7 Å². The second kappa shape index (κ2) is 6.77. The summed E-state index contributed by atoms with van der Waals surface area (Å²) in [6.07, 6.45) is 3.07. The van der Waals surface area contributed by atoms with E-state index in [2.05, 4.69) is 26.2 Å². The van der Waals surface area contributed by atoms with Gasteiger partial charge in [-0.25, -0.2) is 19.3 Å². The molecule has 4 heterocycles. The van der Waals surface area contributed by atoms with E-state index in [-0.39, 0.29) is 12.6 Å². The molecule has 0 aliphatic carbocycles. The number of ether oxygens (including phenoxy) is 2. The van der Waals surface area contributed by atoms with Gasteiger partial charge >= 0.3 is 0 Å². The Hall–Kier alpha value is -2.32. The predicted octanol–water partition coefficient (Wildman–Crippen LogP) is -0.382. The van der Waals surface area contributed by atoms with Crippen molar-refractivity contribution in [2.75, 3.05) is 18.5 Å². The number of anilines is 1. The van der Waals surface area contributed by atoms with E-state index >= 15 is 0 Å². The van der Waals surface area contributed by atoms with Crippen LogP contribution in [0.2, 0.25) is 0 Å². The molecular formula is C16H18FN5O4. The lowest BCUT2D eigenvalue weighted by atomic mass is 10.1. The van der Waals surface area contributed by atoms with Crippen LogP contribution in [0.1, 0.15) is 12.6 Å². The van der Waals surface area contributed by atoms with Gasteiger partial charge in [-0.05, 0) is 0 Å². The molecule has 2 aliphatic heterocycles. The minimum Gasteiger partial charge on any atom is -0.386 e. The van der Waals surface area contributed by atoms with Gasteiger partial charge in [0.25, 0.3) is 0 Å². The van der Waals surface area contributed by atoms with Crippen molar-refractivity contribution in [2.24, 2.45) is 0 Å². The van der Waals surface area contributed by atoms with Gasteiger partial charge in [0, 0.05) is 6.42 Å². The standard InChI is InChI=1S/C16H18FN5O4/c1-2-10-12(23)13(24)16(26-10)22-7-20-11-14(18-6-19-15(11)22)21-9-3-8(17)4-25-5-9/h1,6-10,12-13,16,23-24H,3-5H2,(H,18,19,21)/t8?,9?,10-,12-,13-,16-/m1/s1. The average Bonchev–Trinajstić information content (AvgIpc) is 3.18. The number of aromatic nitrogens is 4. The van der Waals surface area contributed by atoms with E-state index in [0.29, 0.717) is 30.0 Å². The number of alkyl halides is 1. The number of aliphatic hydroxyl groups is 2. The second-order valence-corrected chi connectivity index (χ2v) is 6.35. The number of nitrogens with zero attached hydrogens (tertiary/aromatic N) is 4. The van der Waals surface area contributed by atoms with Gasteiger partial charge in [0.15, 0.2) is 23.2 Å². The van der Waals surface area contributed by atoms with Crippen LogP contribution in [0.4, 0.5) is 10.2 Å². The summed E-state index contributed by atoms with van der Waals surface area (Å²) in [6, 6.07) is -0.233. The van der Waals surface area contributed by atoms with Gasteiger partial charge < -0.3 is 25.0 Å². The van der Waals surface area contributed by atoms with E-state index in [0.717, 1.165) is 0 Å². The molecule has 2 fully saturated rings. The van der Waals surface area contributed by atoms with E-state index in [1.54, 1.807) is 0 Å². The predicted molar refractivity (Wildman–Crippen MR) is 87.8 cm³/mol. The molecule has 4 rings (SSSR count). The van der Waals surface area contributed by atoms with Crippen molar-refractivity contribution >= 4 is 17.0 Å². The summed E-state index contributed by atoms with van der Waals surface area (Å²) in [4.78, 5) is 12.6. The number of hydrogen-bond donors (Lipinski definition) is 3. The minimum atomic E-state index is -1.22. The van der Waals surface area contributed by atoms with Crippen LogP contribution in [-0.4, -0.2) is 73.5 Å². The third kappa shape index (κ3) is 2.89. The molecule has 2 aromatic rings. The largest absolute Gasteiger partial charge is 0.386 e. The summed E-state index contributed by atoms with van der Waals surface area (Å²) in [5.74, 6) is 2.72. The molecule has 2 saturated heterocycles. The smallest absolute Gasteiger partial charge is 0.167 e. The number of terminal acetylenes is 1. The zero-order valence-electron chi connectivity index (χ0n) is 13.7. The molecule has 10 heteroatoms. The van der Waals surface area contributed by atoms with Crippen molar-refractivity contribution in [1.29, 1.82) is 0 Å². The van der Waals surface area contributed by atoms with Crippen molar-refractivity contribution in [1.82, 2.24) is 19.5 Å². The first-order chi connectivity index (χ1) is 12.6. The van der Waals surface area contributed by atoms with Crippen LogP contribution in [0, 0.1) is 12.3 Å². The first-order valence-electron chi connectivity index (χ1n) is 8.22. The molecule has 2 unspecified atom stereocenters. The van der Waals surface area contributed by atoms with Crippen LogP contribution >= 0.6 is 0 Å². The van der Waals surface area contributed by atoms with E-state index in [1.165, 1.54) is 17.2 Å². The summed E-state index contributed by atoms with van der Waals surface area (Å²) in [6.45, 7) is 0.467. The van der Waals surface area contributed by atoms with Crippen molar-refractivity contribution in [3.05, 3.63) is 12.7 Å². The highest BCUT2D eigenvalue weighted by Gasteiger charge is 2.43. The van der Waals surface area contributed by atoms with Gasteiger partial charge in [-0.3, -0.25) is 4.57 Å². The average molecular weight is 363 g/mol. The molecular weight excluding hydrogens is 345 g/mol. The summed E-state index contributed by atoms with van der Waals surface area (Å²) in [5, 5.41) is 23.3.